The van der Waals surface area contributed by atoms with Crippen molar-refractivity contribution in [1.82, 2.24) is 0 Å². The predicted molar refractivity (Wildman–Crippen MR) is 71.4 cm³/mol. The lowest BCUT2D eigenvalue weighted by atomic mass is 10.0. The molecule has 0 saturated carbocycles. The van der Waals surface area contributed by atoms with Crippen LogP contribution in [0, 0.1) is 6.92 Å². The fourth-order valence-electron chi connectivity index (χ4n) is 1.89. The van der Waals surface area contributed by atoms with Gasteiger partial charge in [0.25, 0.3) is 0 Å². The van der Waals surface area contributed by atoms with Crippen LogP contribution in [0.1, 0.15) is 5.56 Å². The minimum Gasteiger partial charge on any atom is -0.505 e. The van der Waals surface area contributed by atoms with Crippen LogP contribution in [0.25, 0.3) is 10.8 Å². The van der Waals surface area contributed by atoms with Crippen molar-refractivity contribution in [2.45, 2.75) is 11.8 Å². The average Bonchev–Trinajstić information content (AvgIpc) is 2.40. The summed E-state index contributed by atoms with van der Waals surface area (Å²) in [6.45, 7) is 1.90. The molecule has 19 heavy (non-hydrogen) atoms. The van der Waals surface area contributed by atoms with Crippen LogP contribution in [-0.4, -0.2) is 17.4 Å². The minimum absolute atomic E-state index is 0.0187. The van der Waals surface area contributed by atoms with Crippen molar-refractivity contribution in [2.75, 3.05) is 7.05 Å². The van der Waals surface area contributed by atoms with Gasteiger partial charge in [0, 0.05) is 12.4 Å². The van der Waals surface area contributed by atoms with E-state index in [4.69, 9.17) is 5.26 Å². The first kappa shape index (κ1) is 13.8. The Bertz CT molecular complexity index is 631. The number of nitrogens with zero attached hydrogens (tertiary/aromatic N) is 2. The first-order valence-electron chi connectivity index (χ1n) is 5.39. The molecule has 0 unspecified atom stereocenters. The number of azo groups is 1. The fraction of sp³-hybridized carbons (Fsp3) is 0.167. The van der Waals surface area contributed by atoms with E-state index >= 15 is 0 Å². The third-order valence-electron chi connectivity index (χ3n) is 2.64. The molecule has 2 rings (SSSR count). The molecule has 0 spiro atoms. The maximum Gasteiger partial charge on any atom is 0.152 e. The van der Waals surface area contributed by atoms with Crippen LogP contribution in [0.5, 0.6) is 5.75 Å². The van der Waals surface area contributed by atoms with E-state index < -0.39 is 0 Å². The van der Waals surface area contributed by atoms with Crippen LogP contribution < -0.4 is 0 Å². The molecule has 0 aromatic heterocycles. The summed E-state index contributed by atoms with van der Waals surface area (Å²) in [5.74, 6) is 0.0187. The maximum absolute atomic E-state index is 10.3. The van der Waals surface area contributed by atoms with Crippen molar-refractivity contribution in [1.29, 1.82) is 0 Å². The third-order valence-corrected chi connectivity index (χ3v) is 3.26. The Morgan fingerprint density at radius 1 is 1.32 bits per heavy atom. The summed E-state index contributed by atoms with van der Waals surface area (Å²) in [6.07, 6.45) is 0. The number of aromatic hydroxyl groups is 1. The van der Waals surface area contributed by atoms with Crippen molar-refractivity contribution in [3.63, 3.8) is 0 Å². The van der Waals surface area contributed by atoms with E-state index in [9.17, 15) is 5.11 Å². The molecule has 6 nitrogen and oxygen atoms in total. The number of phenols is 1. The van der Waals surface area contributed by atoms with E-state index in [1.807, 2.05) is 25.1 Å². The average molecular weight is 280 g/mol. The Morgan fingerprint density at radius 3 is 2.79 bits per heavy atom. The second-order valence-electron chi connectivity index (χ2n) is 3.77. The van der Waals surface area contributed by atoms with E-state index in [0.717, 1.165) is 23.0 Å². The summed E-state index contributed by atoms with van der Waals surface area (Å²) in [5, 5.41) is 31.2. The maximum atomic E-state index is 10.3. The highest BCUT2D eigenvalue weighted by Gasteiger charge is 2.15. The summed E-state index contributed by atoms with van der Waals surface area (Å²) in [4.78, 5) is 0.482. The monoisotopic (exact) mass is 280 g/mol. The van der Waals surface area contributed by atoms with Crippen molar-refractivity contribution in [3.05, 3.63) is 29.8 Å². The Hall–Kier alpha value is -1.67. The molecule has 0 atom stereocenters. The van der Waals surface area contributed by atoms with Crippen molar-refractivity contribution >= 4 is 28.5 Å². The van der Waals surface area contributed by atoms with Crippen LogP contribution in [0.4, 0.5) is 5.69 Å². The van der Waals surface area contributed by atoms with Gasteiger partial charge in [-0.05, 0) is 23.9 Å². The standard InChI is InChI=1S/C12H12N2O4S/c1-7-4-3-5-8-6-9(19-18-17-16)11(14-13-2)12(15)10(7)8/h3-6,15-16H,1-2H3. The van der Waals surface area contributed by atoms with Crippen LogP contribution >= 0.6 is 12.0 Å². The molecule has 0 fully saturated rings. The summed E-state index contributed by atoms with van der Waals surface area (Å²) in [5.41, 5.74) is 1.20. The second kappa shape index (κ2) is 5.98. The molecule has 0 aliphatic rings. The van der Waals surface area contributed by atoms with Gasteiger partial charge in [0.2, 0.25) is 0 Å². The van der Waals surface area contributed by atoms with Gasteiger partial charge in [-0.3, -0.25) is 0 Å². The third kappa shape index (κ3) is 2.69. The number of rotatable bonds is 4. The normalized spacial score (nSPS) is 11.5. The predicted octanol–water partition coefficient (Wildman–Crippen LogP) is 4.00. The van der Waals surface area contributed by atoms with Crippen LogP contribution in [0.2, 0.25) is 0 Å². The van der Waals surface area contributed by atoms with Gasteiger partial charge in [-0.15, -0.1) is 4.33 Å². The number of fused-ring (bicyclic) bond motifs is 1. The zero-order valence-electron chi connectivity index (χ0n) is 10.3. The number of phenolic OH excluding ortho intramolecular Hbond substituents is 1. The summed E-state index contributed by atoms with van der Waals surface area (Å²) in [6, 6.07) is 7.42. The lowest BCUT2D eigenvalue weighted by molar-refractivity contribution is -0.432. The molecule has 2 N–H and O–H groups in total. The van der Waals surface area contributed by atoms with E-state index in [2.05, 4.69) is 19.6 Å². The van der Waals surface area contributed by atoms with Gasteiger partial charge in [0.1, 0.15) is 5.69 Å². The molecule has 0 amide bonds. The fourth-order valence-corrected chi connectivity index (χ4v) is 2.39. The van der Waals surface area contributed by atoms with Crippen LogP contribution in [0.15, 0.2) is 39.4 Å². The van der Waals surface area contributed by atoms with Gasteiger partial charge >= 0.3 is 0 Å². The van der Waals surface area contributed by atoms with Gasteiger partial charge in [0.15, 0.2) is 5.75 Å². The Labute approximate surface area is 113 Å². The topological polar surface area (TPSA) is 83.6 Å². The summed E-state index contributed by atoms with van der Waals surface area (Å²) < 4.78 is 4.40. The molecule has 0 heterocycles. The highest BCUT2D eigenvalue weighted by Crippen LogP contribution is 2.44. The van der Waals surface area contributed by atoms with Gasteiger partial charge in [-0.2, -0.15) is 10.2 Å². The molecular weight excluding hydrogens is 268 g/mol. The van der Waals surface area contributed by atoms with E-state index in [1.165, 1.54) is 7.05 Å². The van der Waals surface area contributed by atoms with E-state index in [1.54, 1.807) is 6.07 Å². The second-order valence-corrected chi connectivity index (χ2v) is 4.51. The van der Waals surface area contributed by atoms with Crippen LogP contribution in [0.3, 0.4) is 0 Å². The SMILES string of the molecule is CN=Nc1c(SOOO)cc2cccc(C)c2c1O. The quantitative estimate of drug-likeness (QED) is 0.383. The van der Waals surface area contributed by atoms with Crippen molar-refractivity contribution < 1.29 is 19.7 Å². The number of aryl methyl sites for hydroxylation is 1. The zero-order chi connectivity index (χ0) is 13.8. The molecule has 2 aromatic carbocycles. The van der Waals surface area contributed by atoms with Gasteiger partial charge in [-0.1, -0.05) is 23.2 Å². The number of benzene rings is 2. The number of hydrogen-bond acceptors (Lipinski definition) is 7. The van der Waals surface area contributed by atoms with E-state index in [0.29, 0.717) is 10.3 Å². The first-order valence-corrected chi connectivity index (χ1v) is 6.13. The molecular formula is C12H12N2O4S. The molecule has 2 aromatic rings. The smallest absolute Gasteiger partial charge is 0.152 e. The summed E-state index contributed by atoms with van der Waals surface area (Å²) in [7, 11) is 1.50. The number of hydrogen-bond donors (Lipinski definition) is 2. The molecule has 0 saturated heterocycles. The molecule has 7 heteroatoms. The van der Waals surface area contributed by atoms with E-state index in [-0.39, 0.29) is 11.4 Å². The molecule has 0 radical (unpaired) electrons. The van der Waals surface area contributed by atoms with Crippen LogP contribution in [-0.2, 0) is 9.37 Å². The van der Waals surface area contributed by atoms with Gasteiger partial charge in [0.05, 0.1) is 16.9 Å². The minimum atomic E-state index is 0.0187. The Balaban J connectivity index is 2.70. The van der Waals surface area contributed by atoms with Gasteiger partial charge < -0.3 is 5.11 Å². The molecule has 100 valence electrons. The van der Waals surface area contributed by atoms with Crippen molar-refractivity contribution in [3.8, 4) is 5.75 Å². The lowest BCUT2D eigenvalue weighted by Crippen LogP contribution is -1.85. The molecule has 0 bridgehead atoms. The molecule has 0 aliphatic carbocycles. The van der Waals surface area contributed by atoms with Crippen molar-refractivity contribution in [2.24, 2.45) is 10.2 Å². The first-order chi connectivity index (χ1) is 9.19. The molecule has 0 aliphatic heterocycles. The zero-order valence-corrected chi connectivity index (χ0v) is 11.1. The Kier molecular flexibility index (Phi) is 4.33. The highest BCUT2D eigenvalue weighted by atomic mass is 32.2. The lowest BCUT2D eigenvalue weighted by Gasteiger charge is -2.10. The summed E-state index contributed by atoms with van der Waals surface area (Å²) >= 11 is 0.736. The highest BCUT2D eigenvalue weighted by molar-refractivity contribution is 7.94. The largest absolute Gasteiger partial charge is 0.505 e. The Morgan fingerprint density at radius 2 is 2.11 bits per heavy atom. The van der Waals surface area contributed by atoms with Gasteiger partial charge in [-0.25, -0.2) is 5.26 Å².